The molecule has 0 saturated carbocycles. The number of nitrogens with two attached hydrogens (primary N) is 1. The van der Waals surface area contributed by atoms with Gasteiger partial charge in [-0.05, 0) is 24.6 Å². The highest BCUT2D eigenvalue weighted by atomic mass is 16.3. The van der Waals surface area contributed by atoms with Gasteiger partial charge >= 0.3 is 0 Å². The van der Waals surface area contributed by atoms with Gasteiger partial charge in [0.05, 0.1) is 25.4 Å². The fraction of sp³-hybridized carbons (Fsp3) is 0.333. The second-order valence-electron chi connectivity index (χ2n) is 5.54. The van der Waals surface area contributed by atoms with E-state index in [0.29, 0.717) is 0 Å². The van der Waals surface area contributed by atoms with Crippen molar-refractivity contribution in [1.82, 2.24) is 0 Å². The van der Waals surface area contributed by atoms with E-state index in [9.17, 15) is 0 Å². The van der Waals surface area contributed by atoms with Crippen LogP contribution >= 0.6 is 0 Å². The molecule has 126 valence electrons. The third-order valence-electron chi connectivity index (χ3n) is 3.34. The predicted octanol–water partition coefficient (Wildman–Crippen LogP) is 1.27. The molecule has 0 unspecified atom stereocenters. The fourth-order valence-corrected chi connectivity index (χ4v) is 1.62. The molecule has 2 rings (SSSR count). The predicted molar refractivity (Wildman–Crippen MR) is 93.1 cm³/mol. The molecule has 5 heteroatoms. The minimum Gasteiger partial charge on any atom is -0.394 e. The average Bonchev–Trinajstić information content (AvgIpc) is 2.62. The van der Waals surface area contributed by atoms with E-state index in [1.807, 2.05) is 6.07 Å². The van der Waals surface area contributed by atoms with Crippen molar-refractivity contribution >= 4 is 5.69 Å². The van der Waals surface area contributed by atoms with Crippen LogP contribution in [-0.4, -0.2) is 40.7 Å². The van der Waals surface area contributed by atoms with Crippen LogP contribution in [0.4, 0.5) is 5.69 Å². The molecule has 5 nitrogen and oxygen atoms in total. The summed E-state index contributed by atoms with van der Waals surface area (Å²) in [5.41, 5.74) is 7.70. The van der Waals surface area contributed by atoms with Crippen LogP contribution in [0.5, 0.6) is 0 Å². The van der Waals surface area contributed by atoms with Crippen LogP contribution in [0.15, 0.2) is 54.6 Å². The molecule has 0 heterocycles. The average molecular weight is 318 g/mol. The molecule has 2 aromatic carbocycles. The monoisotopic (exact) mass is 318 g/mol. The lowest BCUT2D eigenvalue weighted by molar-refractivity contribution is 0.0698. The molecule has 0 amide bonds. The Labute approximate surface area is 137 Å². The Kier molecular flexibility index (Phi) is 8.29. The number of benzene rings is 2. The Morgan fingerprint density at radius 2 is 1.39 bits per heavy atom. The zero-order chi connectivity index (χ0) is 17.1. The molecule has 0 aromatic heterocycles. The standard InChI is InChI=1S/C14H15N.C4H11NO3/c1-12-7-9-14(10-8-12)15-11-13-5-3-2-4-6-13;5-4(1-6,2-7)3-8/h2-10,15H,11H2,1H3;6-8H,1-3,5H2. The summed E-state index contributed by atoms with van der Waals surface area (Å²) in [4.78, 5) is 0. The highest BCUT2D eigenvalue weighted by Crippen LogP contribution is 2.10. The Morgan fingerprint density at radius 3 is 1.83 bits per heavy atom. The summed E-state index contributed by atoms with van der Waals surface area (Å²) in [6, 6.07) is 18.9. The lowest BCUT2D eigenvalue weighted by Crippen LogP contribution is -2.50. The SMILES string of the molecule is Cc1ccc(NCc2ccccc2)cc1.NC(CO)(CO)CO. The molecule has 0 fully saturated rings. The molecule has 23 heavy (non-hydrogen) atoms. The third kappa shape index (κ3) is 7.25. The number of hydrogen-bond donors (Lipinski definition) is 5. The third-order valence-corrected chi connectivity index (χ3v) is 3.34. The van der Waals surface area contributed by atoms with E-state index < -0.39 is 25.4 Å². The maximum absolute atomic E-state index is 8.34. The number of rotatable bonds is 6. The van der Waals surface area contributed by atoms with Crippen molar-refractivity contribution in [2.45, 2.75) is 19.0 Å². The second-order valence-corrected chi connectivity index (χ2v) is 5.54. The molecule has 2 aromatic rings. The Hall–Kier alpha value is -1.92. The van der Waals surface area contributed by atoms with E-state index in [1.165, 1.54) is 16.8 Å². The first-order valence-electron chi connectivity index (χ1n) is 7.49. The van der Waals surface area contributed by atoms with Gasteiger partial charge in [0, 0.05) is 12.2 Å². The van der Waals surface area contributed by atoms with E-state index in [0.717, 1.165) is 6.54 Å². The van der Waals surface area contributed by atoms with Crippen molar-refractivity contribution in [3.8, 4) is 0 Å². The smallest absolute Gasteiger partial charge is 0.0856 e. The number of hydrogen-bond acceptors (Lipinski definition) is 5. The minimum absolute atomic E-state index is 0.403. The van der Waals surface area contributed by atoms with Gasteiger partial charge in [-0.2, -0.15) is 0 Å². The van der Waals surface area contributed by atoms with Gasteiger partial charge in [0.1, 0.15) is 0 Å². The summed E-state index contributed by atoms with van der Waals surface area (Å²) in [6.45, 7) is 1.77. The lowest BCUT2D eigenvalue weighted by Gasteiger charge is -2.20. The van der Waals surface area contributed by atoms with Crippen LogP contribution in [0.25, 0.3) is 0 Å². The summed E-state index contributed by atoms with van der Waals surface area (Å²) in [5, 5.41) is 28.4. The zero-order valence-electron chi connectivity index (χ0n) is 13.4. The molecule has 0 atom stereocenters. The van der Waals surface area contributed by atoms with Crippen LogP contribution in [-0.2, 0) is 6.54 Å². The van der Waals surface area contributed by atoms with Gasteiger partial charge < -0.3 is 26.4 Å². The Balaban J connectivity index is 0.000000284. The molecule has 0 saturated heterocycles. The van der Waals surface area contributed by atoms with Gasteiger partial charge in [-0.15, -0.1) is 0 Å². The summed E-state index contributed by atoms with van der Waals surface area (Å²) >= 11 is 0. The summed E-state index contributed by atoms with van der Waals surface area (Å²) in [5.74, 6) is 0. The van der Waals surface area contributed by atoms with Crippen LogP contribution in [0, 0.1) is 6.92 Å². The zero-order valence-corrected chi connectivity index (χ0v) is 13.4. The number of aliphatic hydroxyl groups is 3. The summed E-state index contributed by atoms with van der Waals surface area (Å²) in [7, 11) is 0. The maximum atomic E-state index is 8.34. The second kappa shape index (κ2) is 9.97. The van der Waals surface area contributed by atoms with Crippen molar-refractivity contribution in [3.05, 3.63) is 65.7 Å². The highest BCUT2D eigenvalue weighted by molar-refractivity contribution is 5.44. The summed E-state index contributed by atoms with van der Waals surface area (Å²) < 4.78 is 0. The van der Waals surface area contributed by atoms with Gasteiger partial charge in [-0.25, -0.2) is 0 Å². The highest BCUT2D eigenvalue weighted by Gasteiger charge is 2.20. The molecule has 6 N–H and O–H groups in total. The molecule has 0 spiro atoms. The lowest BCUT2D eigenvalue weighted by atomic mass is 10.1. The van der Waals surface area contributed by atoms with Crippen molar-refractivity contribution in [1.29, 1.82) is 0 Å². The molecular weight excluding hydrogens is 292 g/mol. The van der Waals surface area contributed by atoms with E-state index in [2.05, 4.69) is 60.8 Å². The van der Waals surface area contributed by atoms with E-state index in [1.54, 1.807) is 0 Å². The first-order valence-corrected chi connectivity index (χ1v) is 7.49. The molecule has 0 aliphatic heterocycles. The van der Waals surface area contributed by atoms with Gasteiger partial charge in [0.15, 0.2) is 0 Å². The minimum atomic E-state index is -1.21. The molecule has 0 aliphatic rings. The van der Waals surface area contributed by atoms with Gasteiger partial charge in [0.2, 0.25) is 0 Å². The fourth-order valence-electron chi connectivity index (χ4n) is 1.62. The van der Waals surface area contributed by atoms with Crippen molar-refractivity contribution < 1.29 is 15.3 Å². The number of aryl methyl sites for hydroxylation is 1. The van der Waals surface area contributed by atoms with Crippen molar-refractivity contribution in [2.24, 2.45) is 5.73 Å². The summed E-state index contributed by atoms with van der Waals surface area (Å²) in [6.07, 6.45) is 0. The number of nitrogens with one attached hydrogen (secondary N) is 1. The van der Waals surface area contributed by atoms with Gasteiger partial charge in [-0.3, -0.25) is 0 Å². The van der Waals surface area contributed by atoms with Crippen molar-refractivity contribution in [3.63, 3.8) is 0 Å². The number of aliphatic hydroxyl groups excluding tert-OH is 3. The molecule has 0 aliphatic carbocycles. The van der Waals surface area contributed by atoms with Gasteiger partial charge in [-0.1, -0.05) is 48.0 Å². The number of anilines is 1. The normalized spacial score (nSPS) is 10.7. The van der Waals surface area contributed by atoms with E-state index >= 15 is 0 Å². The maximum Gasteiger partial charge on any atom is 0.0856 e. The molecular formula is C18H26N2O3. The topological polar surface area (TPSA) is 98.7 Å². The largest absolute Gasteiger partial charge is 0.394 e. The van der Waals surface area contributed by atoms with Gasteiger partial charge in [0.25, 0.3) is 0 Å². The quantitative estimate of drug-likeness (QED) is 0.552. The molecule has 0 bridgehead atoms. The first-order chi connectivity index (χ1) is 11.0. The van der Waals surface area contributed by atoms with Crippen LogP contribution in [0.1, 0.15) is 11.1 Å². The first kappa shape index (κ1) is 19.1. The van der Waals surface area contributed by atoms with E-state index in [-0.39, 0.29) is 0 Å². The van der Waals surface area contributed by atoms with Crippen LogP contribution in [0.3, 0.4) is 0 Å². The Morgan fingerprint density at radius 1 is 0.870 bits per heavy atom. The van der Waals surface area contributed by atoms with Crippen LogP contribution < -0.4 is 11.1 Å². The van der Waals surface area contributed by atoms with Crippen molar-refractivity contribution in [2.75, 3.05) is 25.1 Å². The molecule has 0 radical (unpaired) electrons. The van der Waals surface area contributed by atoms with E-state index in [4.69, 9.17) is 21.1 Å². The van der Waals surface area contributed by atoms with Crippen LogP contribution in [0.2, 0.25) is 0 Å². The Bertz CT molecular complexity index is 532.